The van der Waals surface area contributed by atoms with Gasteiger partial charge in [-0.1, -0.05) is 6.92 Å². The van der Waals surface area contributed by atoms with Gasteiger partial charge >= 0.3 is 0 Å². The first-order chi connectivity index (χ1) is 7.13. The number of hydrogen-bond acceptors (Lipinski definition) is 3. The van der Waals surface area contributed by atoms with Crippen molar-refractivity contribution in [3.63, 3.8) is 0 Å². The van der Waals surface area contributed by atoms with Crippen LogP contribution >= 0.6 is 11.3 Å². The van der Waals surface area contributed by atoms with Crippen molar-refractivity contribution >= 4 is 22.2 Å². The fourth-order valence-corrected chi connectivity index (χ4v) is 2.34. The number of rotatable bonds is 4. The second-order valence-corrected chi connectivity index (χ2v) is 4.49. The Morgan fingerprint density at radius 1 is 1.40 bits per heavy atom. The molecular formula is C11H18N2OS. The molecule has 0 radical (unpaired) electrons. The summed E-state index contributed by atoms with van der Waals surface area (Å²) in [6.45, 7) is 7.48. The minimum Gasteiger partial charge on any atom is -0.390 e. The second kappa shape index (κ2) is 5.16. The number of thiophene rings is 1. The maximum atomic E-state index is 12.0. The van der Waals surface area contributed by atoms with Gasteiger partial charge in [0.05, 0.1) is 10.6 Å². The van der Waals surface area contributed by atoms with E-state index in [2.05, 4.69) is 6.92 Å². The zero-order chi connectivity index (χ0) is 11.4. The van der Waals surface area contributed by atoms with Gasteiger partial charge in [-0.15, -0.1) is 11.3 Å². The molecule has 0 saturated heterocycles. The van der Waals surface area contributed by atoms with Crippen molar-refractivity contribution in [2.45, 2.75) is 27.2 Å². The first-order valence-electron chi connectivity index (χ1n) is 5.31. The number of nitrogens with two attached hydrogens (primary N) is 1. The molecule has 0 fully saturated rings. The van der Waals surface area contributed by atoms with E-state index in [0.29, 0.717) is 10.6 Å². The van der Waals surface area contributed by atoms with Gasteiger partial charge in [-0.05, 0) is 26.3 Å². The molecule has 0 unspecified atom stereocenters. The highest BCUT2D eigenvalue weighted by Gasteiger charge is 2.17. The quantitative estimate of drug-likeness (QED) is 0.856. The zero-order valence-corrected chi connectivity index (χ0v) is 10.4. The van der Waals surface area contributed by atoms with Gasteiger partial charge in [0.2, 0.25) is 0 Å². The van der Waals surface area contributed by atoms with E-state index >= 15 is 0 Å². The summed E-state index contributed by atoms with van der Waals surface area (Å²) in [6, 6.07) is 1.92. The molecule has 0 aliphatic carbocycles. The highest BCUT2D eigenvalue weighted by Crippen LogP contribution is 2.26. The molecule has 15 heavy (non-hydrogen) atoms. The first-order valence-corrected chi connectivity index (χ1v) is 6.13. The number of carbonyl (C=O) groups is 1. The van der Waals surface area contributed by atoms with E-state index in [-0.39, 0.29) is 5.91 Å². The van der Waals surface area contributed by atoms with Crippen molar-refractivity contribution in [3.05, 3.63) is 16.5 Å². The molecule has 0 aliphatic rings. The van der Waals surface area contributed by atoms with Crippen molar-refractivity contribution in [3.8, 4) is 0 Å². The van der Waals surface area contributed by atoms with Crippen molar-refractivity contribution < 1.29 is 4.79 Å². The fourth-order valence-electron chi connectivity index (χ4n) is 1.48. The normalized spacial score (nSPS) is 10.3. The molecule has 1 rings (SSSR count). The lowest BCUT2D eigenvalue weighted by Gasteiger charge is -2.17. The van der Waals surface area contributed by atoms with Gasteiger partial charge < -0.3 is 10.6 Å². The number of nitrogen functional groups attached to an aromatic ring is 1. The lowest BCUT2D eigenvalue weighted by molar-refractivity contribution is 0.0774. The number of carbonyl (C=O) groups excluding carboxylic acids is 1. The zero-order valence-electron chi connectivity index (χ0n) is 9.54. The maximum absolute atomic E-state index is 12.0. The molecule has 0 aliphatic heterocycles. The second-order valence-electron chi connectivity index (χ2n) is 3.32. The van der Waals surface area contributed by atoms with Gasteiger partial charge in [0, 0.05) is 18.0 Å². The lowest BCUT2D eigenvalue weighted by atomic mass is 10.2. The summed E-state index contributed by atoms with van der Waals surface area (Å²) in [5, 5.41) is 0.642. The molecule has 0 spiro atoms. The highest BCUT2D eigenvalue weighted by molar-refractivity contribution is 7.16. The molecule has 1 aromatic heterocycles. The average Bonchev–Trinajstić information content (AvgIpc) is 2.61. The minimum atomic E-state index is 0.0495. The van der Waals surface area contributed by atoms with Gasteiger partial charge in [-0.2, -0.15) is 0 Å². The summed E-state index contributed by atoms with van der Waals surface area (Å²) in [7, 11) is 0. The Hall–Kier alpha value is -1.03. The van der Waals surface area contributed by atoms with E-state index < -0.39 is 0 Å². The maximum Gasteiger partial charge on any atom is 0.256 e. The predicted molar refractivity (Wildman–Crippen MR) is 65.4 cm³/mol. The van der Waals surface area contributed by atoms with Gasteiger partial charge in [-0.3, -0.25) is 4.79 Å². The number of hydrogen-bond donors (Lipinski definition) is 1. The molecule has 0 aromatic carbocycles. The Balaban J connectivity index is 2.94. The topological polar surface area (TPSA) is 46.3 Å². The highest BCUT2D eigenvalue weighted by atomic mass is 32.1. The molecule has 0 bridgehead atoms. The molecule has 84 valence electrons. The number of aryl methyl sites for hydroxylation is 1. The van der Waals surface area contributed by atoms with E-state index in [1.54, 1.807) is 4.90 Å². The summed E-state index contributed by atoms with van der Waals surface area (Å²) in [4.78, 5) is 15.0. The molecular weight excluding hydrogens is 208 g/mol. The van der Waals surface area contributed by atoms with E-state index in [9.17, 15) is 4.79 Å². The molecule has 1 amide bonds. The summed E-state index contributed by atoms with van der Waals surface area (Å²) in [5.74, 6) is 0.0495. The summed E-state index contributed by atoms with van der Waals surface area (Å²) in [5.41, 5.74) is 6.50. The van der Waals surface area contributed by atoms with Crippen LogP contribution in [0, 0.1) is 0 Å². The largest absolute Gasteiger partial charge is 0.390 e. The van der Waals surface area contributed by atoms with E-state index in [1.807, 2.05) is 19.9 Å². The van der Waals surface area contributed by atoms with Crippen LogP contribution in [0.2, 0.25) is 0 Å². The molecule has 4 heteroatoms. The van der Waals surface area contributed by atoms with Crippen LogP contribution in [-0.4, -0.2) is 23.9 Å². The Morgan fingerprint density at radius 3 is 2.40 bits per heavy atom. The lowest BCUT2D eigenvalue weighted by Crippen LogP contribution is -2.30. The van der Waals surface area contributed by atoms with E-state index in [1.165, 1.54) is 16.2 Å². The third-order valence-electron chi connectivity index (χ3n) is 2.44. The van der Waals surface area contributed by atoms with Crippen LogP contribution in [0.3, 0.4) is 0 Å². The van der Waals surface area contributed by atoms with Gasteiger partial charge in [-0.25, -0.2) is 0 Å². The Morgan fingerprint density at radius 2 is 2.00 bits per heavy atom. The average molecular weight is 226 g/mol. The summed E-state index contributed by atoms with van der Waals surface area (Å²) in [6.07, 6.45) is 0.931. The molecule has 0 atom stereocenters. The van der Waals surface area contributed by atoms with Crippen LogP contribution < -0.4 is 5.73 Å². The van der Waals surface area contributed by atoms with Crippen LogP contribution in [0.4, 0.5) is 5.00 Å². The van der Waals surface area contributed by atoms with E-state index in [0.717, 1.165) is 19.5 Å². The standard InChI is InChI=1S/C11H18N2OS/c1-4-8-7-9(10(12)15-8)11(14)13(5-2)6-3/h7H,4-6,12H2,1-3H3. The number of nitrogens with zero attached hydrogens (tertiary/aromatic N) is 1. The molecule has 3 nitrogen and oxygen atoms in total. The fraction of sp³-hybridized carbons (Fsp3) is 0.545. The third kappa shape index (κ3) is 2.50. The van der Waals surface area contributed by atoms with Crippen LogP contribution in [-0.2, 0) is 6.42 Å². The Labute approximate surface area is 94.9 Å². The van der Waals surface area contributed by atoms with Crippen LogP contribution in [0.15, 0.2) is 6.07 Å². The summed E-state index contributed by atoms with van der Waals surface area (Å²) < 4.78 is 0. The van der Waals surface area contributed by atoms with Crippen molar-refractivity contribution in [1.29, 1.82) is 0 Å². The molecule has 1 aromatic rings. The third-order valence-corrected chi connectivity index (χ3v) is 3.55. The van der Waals surface area contributed by atoms with Crippen LogP contribution in [0.5, 0.6) is 0 Å². The van der Waals surface area contributed by atoms with Crippen molar-refractivity contribution in [1.82, 2.24) is 4.90 Å². The smallest absolute Gasteiger partial charge is 0.256 e. The number of anilines is 1. The Bertz CT molecular complexity index is 342. The van der Waals surface area contributed by atoms with Crippen molar-refractivity contribution in [2.24, 2.45) is 0 Å². The Kier molecular flexibility index (Phi) is 4.15. The molecule has 2 N–H and O–H groups in total. The van der Waals surface area contributed by atoms with Gasteiger partial charge in [0.1, 0.15) is 0 Å². The SMILES string of the molecule is CCc1cc(C(=O)N(CC)CC)c(N)s1. The van der Waals surface area contributed by atoms with Crippen LogP contribution in [0.25, 0.3) is 0 Å². The van der Waals surface area contributed by atoms with Gasteiger partial charge in [0.15, 0.2) is 0 Å². The van der Waals surface area contributed by atoms with E-state index in [4.69, 9.17) is 5.73 Å². The first kappa shape index (κ1) is 12.0. The predicted octanol–water partition coefficient (Wildman–Crippen LogP) is 2.37. The monoisotopic (exact) mass is 226 g/mol. The minimum absolute atomic E-state index is 0.0495. The van der Waals surface area contributed by atoms with Gasteiger partial charge in [0.25, 0.3) is 5.91 Å². The summed E-state index contributed by atoms with van der Waals surface area (Å²) >= 11 is 1.51. The number of amides is 1. The molecule has 0 saturated carbocycles. The van der Waals surface area contributed by atoms with Crippen LogP contribution in [0.1, 0.15) is 36.0 Å². The van der Waals surface area contributed by atoms with Crippen molar-refractivity contribution in [2.75, 3.05) is 18.8 Å². The molecule has 1 heterocycles.